The van der Waals surface area contributed by atoms with Crippen LogP contribution in [0.5, 0.6) is 11.5 Å². The number of nitrogens with one attached hydrogen (secondary N) is 1. The van der Waals surface area contributed by atoms with Gasteiger partial charge in [0.1, 0.15) is 23.6 Å². The minimum Gasteiger partial charge on any atom is -0.496 e. The number of benzene rings is 2. The van der Waals surface area contributed by atoms with Crippen molar-refractivity contribution in [3.8, 4) is 33.8 Å². The molecule has 1 fully saturated rings. The standard InChI is InChI=1S/C29H32N4O4/c1-19-28(34)31(2)13-14-33(19)15-16-37-22-8-5-20(6-9-22)21-7-10-23(26(17-21)36-4)25-18-32(3)29(35)27-24(25)11-12-30-27/h5-12,17-19,30H,13-16H2,1-4H3/t19-/m1/s1. The second-order valence-electron chi connectivity index (χ2n) is 9.48. The monoisotopic (exact) mass is 500 g/mol. The van der Waals surface area contributed by atoms with Crippen LogP contribution in [0.2, 0.25) is 0 Å². The minimum absolute atomic E-state index is 0.0619. The fourth-order valence-corrected chi connectivity index (χ4v) is 4.96. The Hall–Kier alpha value is -4.04. The summed E-state index contributed by atoms with van der Waals surface area (Å²) in [6.07, 6.45) is 3.63. The topological polar surface area (TPSA) is 79.8 Å². The molecule has 1 aliphatic heterocycles. The molecular formula is C29H32N4O4. The molecule has 2 aromatic heterocycles. The molecule has 0 unspecified atom stereocenters. The van der Waals surface area contributed by atoms with Gasteiger partial charge in [-0.1, -0.05) is 18.2 Å². The highest BCUT2D eigenvalue weighted by molar-refractivity contribution is 5.96. The van der Waals surface area contributed by atoms with E-state index in [4.69, 9.17) is 9.47 Å². The van der Waals surface area contributed by atoms with E-state index in [1.807, 2.05) is 62.6 Å². The fraction of sp³-hybridized carbons (Fsp3) is 0.310. The van der Waals surface area contributed by atoms with E-state index in [-0.39, 0.29) is 17.5 Å². The van der Waals surface area contributed by atoms with Gasteiger partial charge in [0.15, 0.2) is 0 Å². The second-order valence-corrected chi connectivity index (χ2v) is 9.48. The molecular weight excluding hydrogens is 468 g/mol. The molecule has 0 saturated carbocycles. The van der Waals surface area contributed by atoms with Crippen molar-refractivity contribution in [2.24, 2.45) is 7.05 Å². The molecule has 5 rings (SSSR count). The zero-order valence-electron chi connectivity index (χ0n) is 21.7. The van der Waals surface area contributed by atoms with Crippen molar-refractivity contribution in [1.29, 1.82) is 0 Å². The van der Waals surface area contributed by atoms with Gasteiger partial charge >= 0.3 is 0 Å². The highest BCUT2D eigenvalue weighted by Crippen LogP contribution is 2.37. The van der Waals surface area contributed by atoms with E-state index in [0.29, 0.717) is 18.7 Å². The number of methoxy groups -OCH3 is 1. The smallest absolute Gasteiger partial charge is 0.274 e. The highest BCUT2D eigenvalue weighted by Gasteiger charge is 2.28. The Balaban J connectivity index is 1.31. The molecule has 2 aromatic carbocycles. The number of hydrogen-bond donors (Lipinski definition) is 1. The van der Waals surface area contributed by atoms with Crippen molar-refractivity contribution in [3.63, 3.8) is 0 Å². The summed E-state index contributed by atoms with van der Waals surface area (Å²) in [5.41, 5.74) is 4.43. The second kappa shape index (κ2) is 10.1. The van der Waals surface area contributed by atoms with E-state index >= 15 is 0 Å². The number of piperazine rings is 1. The SMILES string of the molecule is COc1cc(-c2ccc(OCCN3CCN(C)C(=O)[C@H]3C)cc2)ccc1-c1cn(C)c(=O)c2[nH]ccc12. The summed E-state index contributed by atoms with van der Waals surface area (Å²) < 4.78 is 13.3. The summed E-state index contributed by atoms with van der Waals surface area (Å²) in [4.78, 5) is 31.6. The first kappa shape index (κ1) is 24.6. The number of H-pyrrole nitrogens is 1. The molecule has 3 heterocycles. The van der Waals surface area contributed by atoms with Crippen LogP contribution in [0.1, 0.15) is 6.92 Å². The Morgan fingerprint density at radius 2 is 1.73 bits per heavy atom. The fourth-order valence-electron chi connectivity index (χ4n) is 4.96. The zero-order chi connectivity index (χ0) is 26.1. The maximum Gasteiger partial charge on any atom is 0.274 e. The van der Waals surface area contributed by atoms with Gasteiger partial charge < -0.3 is 23.9 Å². The molecule has 8 heteroatoms. The van der Waals surface area contributed by atoms with Crippen LogP contribution in [0.15, 0.2) is 65.7 Å². The lowest BCUT2D eigenvalue weighted by Gasteiger charge is -2.37. The van der Waals surface area contributed by atoms with Crippen LogP contribution in [-0.4, -0.2) is 71.7 Å². The lowest BCUT2D eigenvalue weighted by molar-refractivity contribution is -0.139. The summed E-state index contributed by atoms with van der Waals surface area (Å²) in [6, 6.07) is 15.9. The largest absolute Gasteiger partial charge is 0.496 e. The third kappa shape index (κ3) is 4.72. The van der Waals surface area contributed by atoms with Crippen LogP contribution in [-0.2, 0) is 11.8 Å². The van der Waals surface area contributed by atoms with Crippen molar-refractivity contribution in [3.05, 3.63) is 71.3 Å². The number of ether oxygens (including phenoxy) is 2. The number of carbonyl (C=O) groups is 1. The number of likely N-dealkylation sites (N-methyl/N-ethyl adjacent to an activating group) is 1. The molecule has 4 aromatic rings. The Kier molecular flexibility index (Phi) is 6.76. The van der Waals surface area contributed by atoms with Crippen LogP contribution in [0.25, 0.3) is 33.2 Å². The van der Waals surface area contributed by atoms with Gasteiger partial charge in [-0.25, -0.2) is 0 Å². The van der Waals surface area contributed by atoms with E-state index in [1.54, 1.807) is 29.8 Å². The first-order chi connectivity index (χ1) is 17.9. The third-order valence-corrected chi connectivity index (χ3v) is 7.22. The maximum atomic E-state index is 12.5. The van der Waals surface area contributed by atoms with Crippen LogP contribution >= 0.6 is 0 Å². The van der Waals surface area contributed by atoms with Crippen LogP contribution in [0.4, 0.5) is 0 Å². The molecule has 0 spiro atoms. The van der Waals surface area contributed by atoms with E-state index in [2.05, 4.69) is 16.0 Å². The molecule has 1 amide bonds. The van der Waals surface area contributed by atoms with E-state index in [9.17, 15) is 9.59 Å². The average molecular weight is 501 g/mol. The molecule has 1 N–H and O–H groups in total. The molecule has 1 atom stereocenters. The third-order valence-electron chi connectivity index (χ3n) is 7.22. The van der Waals surface area contributed by atoms with E-state index in [1.165, 1.54) is 0 Å². The van der Waals surface area contributed by atoms with Crippen LogP contribution in [0.3, 0.4) is 0 Å². The Morgan fingerprint density at radius 1 is 0.973 bits per heavy atom. The van der Waals surface area contributed by atoms with Gasteiger partial charge in [0.2, 0.25) is 5.91 Å². The van der Waals surface area contributed by atoms with Crippen LogP contribution < -0.4 is 15.0 Å². The Morgan fingerprint density at radius 3 is 2.49 bits per heavy atom. The van der Waals surface area contributed by atoms with Gasteiger partial charge in [-0.15, -0.1) is 0 Å². The molecule has 0 aliphatic carbocycles. The molecule has 1 saturated heterocycles. The first-order valence-corrected chi connectivity index (χ1v) is 12.4. The molecule has 8 nitrogen and oxygen atoms in total. The van der Waals surface area contributed by atoms with Crippen molar-refractivity contribution in [1.82, 2.24) is 19.4 Å². The number of nitrogens with zero attached hydrogens (tertiary/aromatic N) is 3. The van der Waals surface area contributed by atoms with E-state index in [0.717, 1.165) is 52.2 Å². The normalized spacial score (nSPS) is 16.4. The van der Waals surface area contributed by atoms with Gasteiger partial charge in [-0.2, -0.15) is 0 Å². The predicted molar refractivity (Wildman–Crippen MR) is 145 cm³/mol. The Labute approximate surface area is 216 Å². The lowest BCUT2D eigenvalue weighted by atomic mass is 9.98. The van der Waals surface area contributed by atoms with Crippen molar-refractivity contribution >= 4 is 16.8 Å². The number of carbonyl (C=O) groups excluding carboxylic acids is 1. The number of pyridine rings is 1. The number of rotatable bonds is 7. The number of aromatic nitrogens is 2. The van der Waals surface area contributed by atoms with Gasteiger partial charge in [0, 0.05) is 62.6 Å². The van der Waals surface area contributed by atoms with Crippen LogP contribution in [0, 0.1) is 0 Å². The predicted octanol–water partition coefficient (Wildman–Crippen LogP) is 3.75. The molecule has 0 radical (unpaired) electrons. The Bertz CT molecular complexity index is 1490. The summed E-state index contributed by atoms with van der Waals surface area (Å²) in [7, 11) is 5.26. The lowest BCUT2D eigenvalue weighted by Crippen LogP contribution is -2.55. The van der Waals surface area contributed by atoms with Gasteiger partial charge in [0.05, 0.1) is 13.2 Å². The summed E-state index contributed by atoms with van der Waals surface area (Å²) in [5.74, 6) is 1.68. The number of aryl methyl sites for hydroxylation is 1. The van der Waals surface area contributed by atoms with Gasteiger partial charge in [0.25, 0.3) is 5.56 Å². The molecule has 0 bridgehead atoms. The van der Waals surface area contributed by atoms with Gasteiger partial charge in [-0.3, -0.25) is 14.5 Å². The molecule has 1 aliphatic rings. The summed E-state index contributed by atoms with van der Waals surface area (Å²) in [6.45, 7) is 4.79. The van der Waals surface area contributed by atoms with Crippen molar-refractivity contribution in [2.45, 2.75) is 13.0 Å². The quantitative estimate of drug-likeness (QED) is 0.418. The minimum atomic E-state index is -0.114. The first-order valence-electron chi connectivity index (χ1n) is 12.4. The van der Waals surface area contributed by atoms with Crippen molar-refractivity contribution in [2.75, 3.05) is 40.4 Å². The number of amides is 1. The molecule has 192 valence electrons. The number of fused-ring (bicyclic) bond motifs is 1. The van der Waals surface area contributed by atoms with Crippen molar-refractivity contribution < 1.29 is 14.3 Å². The van der Waals surface area contributed by atoms with Gasteiger partial charge in [-0.05, 0) is 48.4 Å². The highest BCUT2D eigenvalue weighted by atomic mass is 16.5. The average Bonchev–Trinajstić information content (AvgIpc) is 3.41. The van der Waals surface area contributed by atoms with E-state index < -0.39 is 0 Å². The summed E-state index contributed by atoms with van der Waals surface area (Å²) in [5, 5.41) is 0.867. The molecule has 37 heavy (non-hydrogen) atoms. The maximum absolute atomic E-state index is 12.5. The summed E-state index contributed by atoms with van der Waals surface area (Å²) >= 11 is 0. The number of hydrogen-bond acceptors (Lipinski definition) is 5. The number of aromatic amines is 1. The zero-order valence-corrected chi connectivity index (χ0v) is 21.7.